The van der Waals surface area contributed by atoms with Crippen molar-refractivity contribution in [1.29, 1.82) is 0 Å². The van der Waals surface area contributed by atoms with E-state index < -0.39 is 10.8 Å². The molecular formula is C76H46O2. The predicted octanol–water partition coefficient (Wildman–Crippen LogP) is 19.9. The zero-order valence-electron chi connectivity index (χ0n) is 42.4. The average molecular weight is 991 g/mol. The maximum absolute atomic E-state index is 7.25. The first-order chi connectivity index (χ1) is 38.7. The first-order valence-electron chi connectivity index (χ1n) is 27.1. The molecule has 15 aromatic rings. The number of hydrogen-bond donors (Lipinski definition) is 0. The minimum atomic E-state index is -0.514. The van der Waals surface area contributed by atoms with Crippen molar-refractivity contribution in [2.24, 2.45) is 0 Å². The van der Waals surface area contributed by atoms with E-state index in [1.54, 1.807) is 0 Å². The van der Waals surface area contributed by atoms with Crippen molar-refractivity contribution in [3.05, 3.63) is 324 Å². The quantitative estimate of drug-likeness (QED) is 0.155. The molecule has 0 saturated carbocycles. The largest absolute Gasteiger partial charge is 0.456 e. The van der Waals surface area contributed by atoms with Crippen LogP contribution in [-0.2, 0) is 10.8 Å². The molecule has 0 unspecified atom stereocenters. The lowest BCUT2D eigenvalue weighted by Gasteiger charge is -2.33. The first-order valence-corrected chi connectivity index (χ1v) is 27.1. The number of benzene rings is 13. The summed E-state index contributed by atoms with van der Waals surface area (Å²) in [5, 5.41) is 9.19. The second-order valence-electron chi connectivity index (χ2n) is 21.2. The molecule has 0 spiro atoms. The van der Waals surface area contributed by atoms with Crippen molar-refractivity contribution in [1.82, 2.24) is 0 Å². The normalized spacial score (nSPS) is 13.8. The molecule has 2 nitrogen and oxygen atoms in total. The molecule has 2 aliphatic rings. The molecule has 17 rings (SSSR count). The molecule has 0 bridgehead atoms. The van der Waals surface area contributed by atoms with Crippen LogP contribution in [0.3, 0.4) is 0 Å². The van der Waals surface area contributed by atoms with Gasteiger partial charge in [0.25, 0.3) is 0 Å². The van der Waals surface area contributed by atoms with Gasteiger partial charge in [0.15, 0.2) is 0 Å². The molecule has 0 N–H and O–H groups in total. The van der Waals surface area contributed by atoms with Gasteiger partial charge in [0.1, 0.15) is 22.3 Å². The summed E-state index contributed by atoms with van der Waals surface area (Å²) < 4.78 is 14.3. The molecule has 0 amide bonds. The Kier molecular flexibility index (Phi) is 9.01. The zero-order valence-corrected chi connectivity index (χ0v) is 42.4. The van der Waals surface area contributed by atoms with Crippen molar-refractivity contribution in [3.8, 4) is 44.5 Å². The van der Waals surface area contributed by atoms with Gasteiger partial charge in [0, 0.05) is 32.7 Å². The summed E-state index contributed by atoms with van der Waals surface area (Å²) in [5.74, 6) is 0. The van der Waals surface area contributed by atoms with Crippen molar-refractivity contribution >= 4 is 65.4 Å². The van der Waals surface area contributed by atoms with E-state index in [0.717, 1.165) is 60.6 Å². The van der Waals surface area contributed by atoms with Crippen LogP contribution in [0, 0.1) is 0 Å². The first kappa shape index (κ1) is 43.2. The van der Waals surface area contributed by atoms with E-state index in [0.29, 0.717) is 0 Å². The fraction of sp³-hybridized carbons (Fsp3) is 0.0263. The standard InChI is InChI=1S/C76H46O2/c1-5-22-48(23-6-1)75(49-24-7-2-8-25-49)61-38-19-17-34-56(61)70-63(75)42-44-65-72(70)58-41-40-47(46-67(58)77-65)68-52-30-13-15-32-54(52)69(55-33-16-14-31-53(55)68)59-36-21-37-60-73-66(78-74(59)60)45-43-64-71(73)57-35-18-20-39-62(57)76(64,50-26-9-3-10-27-50)51-28-11-4-12-29-51/h1-46H. The monoisotopic (exact) mass is 990 g/mol. The van der Waals surface area contributed by atoms with Crippen LogP contribution in [0.5, 0.6) is 0 Å². The highest BCUT2D eigenvalue weighted by Gasteiger charge is 2.48. The van der Waals surface area contributed by atoms with E-state index in [9.17, 15) is 0 Å². The fourth-order valence-corrected chi connectivity index (χ4v) is 14.7. The highest BCUT2D eigenvalue weighted by Crippen LogP contribution is 2.61. The van der Waals surface area contributed by atoms with Crippen molar-refractivity contribution in [2.75, 3.05) is 0 Å². The summed E-state index contributed by atoms with van der Waals surface area (Å²) in [7, 11) is 0. The van der Waals surface area contributed by atoms with Gasteiger partial charge in [-0.1, -0.05) is 255 Å². The molecule has 0 radical (unpaired) electrons. The lowest BCUT2D eigenvalue weighted by Crippen LogP contribution is -2.28. The Morgan fingerprint density at radius 3 is 1.13 bits per heavy atom. The third kappa shape index (κ3) is 5.60. The lowest BCUT2D eigenvalue weighted by atomic mass is 9.67. The Bertz CT molecular complexity index is 4810. The molecule has 0 atom stereocenters. The van der Waals surface area contributed by atoms with E-state index in [2.05, 4.69) is 279 Å². The SMILES string of the molecule is c1ccc(C2(c3ccccc3)c3ccccc3-c3c2ccc2oc4cc(-c5c6ccccc6c(-c6cccc7c6oc6ccc8c(c67)-c6ccccc6C8(c6ccccc6)c6ccccc6)c6ccccc56)ccc4c32)cc1. The smallest absolute Gasteiger partial charge is 0.143 e. The van der Waals surface area contributed by atoms with E-state index in [1.165, 1.54) is 93.9 Å². The molecule has 2 aliphatic carbocycles. The fourth-order valence-electron chi connectivity index (χ4n) is 14.7. The molecule has 362 valence electrons. The minimum Gasteiger partial charge on any atom is -0.456 e. The Balaban J connectivity index is 0.876. The summed E-state index contributed by atoms with van der Waals surface area (Å²) in [6, 6.07) is 103. The molecular weight excluding hydrogens is 945 g/mol. The third-order valence-corrected chi connectivity index (χ3v) is 17.6. The van der Waals surface area contributed by atoms with Crippen LogP contribution in [0.25, 0.3) is 110 Å². The predicted molar refractivity (Wildman–Crippen MR) is 321 cm³/mol. The highest BCUT2D eigenvalue weighted by atomic mass is 16.3. The Morgan fingerprint density at radius 1 is 0.231 bits per heavy atom. The van der Waals surface area contributed by atoms with Gasteiger partial charge in [-0.2, -0.15) is 0 Å². The van der Waals surface area contributed by atoms with E-state index in [4.69, 9.17) is 8.83 Å². The van der Waals surface area contributed by atoms with Crippen LogP contribution in [0.4, 0.5) is 0 Å². The van der Waals surface area contributed by atoms with E-state index >= 15 is 0 Å². The second kappa shape index (κ2) is 16.2. The number of fused-ring (bicyclic) bond motifs is 16. The van der Waals surface area contributed by atoms with Crippen LogP contribution in [0.2, 0.25) is 0 Å². The van der Waals surface area contributed by atoms with Crippen LogP contribution in [0.1, 0.15) is 44.5 Å². The van der Waals surface area contributed by atoms with E-state index in [1.807, 2.05) is 0 Å². The topological polar surface area (TPSA) is 26.3 Å². The number of rotatable bonds is 6. The van der Waals surface area contributed by atoms with Crippen LogP contribution >= 0.6 is 0 Å². The van der Waals surface area contributed by atoms with Gasteiger partial charge in [0.05, 0.1) is 10.8 Å². The summed E-state index contributed by atoms with van der Waals surface area (Å²) >= 11 is 0. The summed E-state index contributed by atoms with van der Waals surface area (Å²) in [5.41, 5.74) is 22.1. The maximum atomic E-state index is 7.25. The van der Waals surface area contributed by atoms with Gasteiger partial charge in [-0.25, -0.2) is 0 Å². The molecule has 13 aromatic carbocycles. The Labute approximate surface area is 450 Å². The van der Waals surface area contributed by atoms with Crippen molar-refractivity contribution < 1.29 is 8.83 Å². The second-order valence-corrected chi connectivity index (χ2v) is 21.2. The van der Waals surface area contributed by atoms with E-state index in [-0.39, 0.29) is 0 Å². The molecule has 0 saturated heterocycles. The van der Waals surface area contributed by atoms with Crippen LogP contribution in [0.15, 0.2) is 288 Å². The summed E-state index contributed by atoms with van der Waals surface area (Å²) in [4.78, 5) is 0. The Morgan fingerprint density at radius 2 is 0.628 bits per heavy atom. The van der Waals surface area contributed by atoms with Crippen molar-refractivity contribution in [2.45, 2.75) is 10.8 Å². The number of para-hydroxylation sites is 1. The molecule has 2 heterocycles. The van der Waals surface area contributed by atoms with Gasteiger partial charge >= 0.3 is 0 Å². The minimum absolute atomic E-state index is 0.499. The van der Waals surface area contributed by atoms with Gasteiger partial charge < -0.3 is 8.83 Å². The molecule has 0 fully saturated rings. The molecule has 0 aliphatic heterocycles. The highest BCUT2D eigenvalue weighted by molar-refractivity contribution is 6.26. The number of furan rings is 2. The molecule has 78 heavy (non-hydrogen) atoms. The Hall–Kier alpha value is -10.0. The molecule has 2 heteroatoms. The zero-order chi connectivity index (χ0) is 51.1. The van der Waals surface area contributed by atoms with Gasteiger partial charge in [-0.15, -0.1) is 0 Å². The van der Waals surface area contributed by atoms with Gasteiger partial charge in [0.2, 0.25) is 0 Å². The van der Waals surface area contributed by atoms with Crippen LogP contribution < -0.4 is 0 Å². The number of hydrogen-bond acceptors (Lipinski definition) is 2. The van der Waals surface area contributed by atoms with Gasteiger partial charge in [-0.3, -0.25) is 0 Å². The lowest BCUT2D eigenvalue weighted by molar-refractivity contribution is 0.668. The average Bonchev–Trinajstić information content (AvgIpc) is 4.16. The van der Waals surface area contributed by atoms with Gasteiger partial charge in [-0.05, 0) is 124 Å². The summed E-state index contributed by atoms with van der Waals surface area (Å²) in [6.45, 7) is 0. The van der Waals surface area contributed by atoms with Crippen molar-refractivity contribution in [3.63, 3.8) is 0 Å². The molecule has 2 aromatic heterocycles. The third-order valence-electron chi connectivity index (χ3n) is 17.6. The maximum Gasteiger partial charge on any atom is 0.143 e. The van der Waals surface area contributed by atoms with Crippen LogP contribution in [-0.4, -0.2) is 0 Å². The summed E-state index contributed by atoms with van der Waals surface area (Å²) in [6.07, 6.45) is 0.